The summed E-state index contributed by atoms with van der Waals surface area (Å²) < 4.78 is 1.23. The fourth-order valence-corrected chi connectivity index (χ4v) is 2.88. The van der Waals surface area contributed by atoms with E-state index in [1.54, 1.807) is 0 Å². The normalized spacial score (nSPS) is 19.9. The molecule has 1 atom stereocenters. The molecule has 2 N–H and O–H groups in total. The second-order valence-electron chi connectivity index (χ2n) is 4.63. The number of hydrogen-bond donors (Lipinski definition) is 2. The number of nitrogens with one attached hydrogen (secondary N) is 2. The molecule has 3 heteroatoms. The van der Waals surface area contributed by atoms with E-state index in [1.165, 1.54) is 15.6 Å². The second kappa shape index (κ2) is 5.30. The molecule has 2 rings (SSSR count). The van der Waals surface area contributed by atoms with Gasteiger partial charge in [0.05, 0.1) is 0 Å². The van der Waals surface area contributed by atoms with Gasteiger partial charge in [-0.2, -0.15) is 0 Å². The molecule has 2 nitrogen and oxygen atoms in total. The maximum absolute atomic E-state index is 3.66. The van der Waals surface area contributed by atoms with Crippen LogP contribution in [0, 0.1) is 0 Å². The molecular formula is C13H19BrN2. The number of benzene rings is 1. The molecule has 1 unspecified atom stereocenters. The lowest BCUT2D eigenvalue weighted by molar-refractivity contribution is 0.446. The minimum absolute atomic E-state index is 0.432. The highest BCUT2D eigenvalue weighted by Gasteiger charge is 2.21. The van der Waals surface area contributed by atoms with E-state index in [0.29, 0.717) is 12.1 Å². The van der Waals surface area contributed by atoms with Gasteiger partial charge in [-0.05, 0) is 30.2 Å². The fraction of sp³-hybridized carbons (Fsp3) is 0.538. The van der Waals surface area contributed by atoms with Crippen LogP contribution in [-0.2, 0) is 6.42 Å². The summed E-state index contributed by atoms with van der Waals surface area (Å²) in [5.41, 5.74) is 2.91. The van der Waals surface area contributed by atoms with Gasteiger partial charge in [0.1, 0.15) is 0 Å². The first-order valence-corrected chi connectivity index (χ1v) is 6.72. The zero-order valence-corrected chi connectivity index (χ0v) is 11.5. The summed E-state index contributed by atoms with van der Waals surface area (Å²) in [6.07, 6.45) is 1.13. The first-order chi connectivity index (χ1) is 7.68. The summed E-state index contributed by atoms with van der Waals surface area (Å²) >= 11 is 3.66. The molecular weight excluding hydrogens is 264 g/mol. The molecule has 88 valence electrons. The van der Waals surface area contributed by atoms with Gasteiger partial charge in [0.15, 0.2) is 0 Å². The zero-order chi connectivity index (χ0) is 11.5. The van der Waals surface area contributed by atoms with E-state index in [2.05, 4.69) is 58.6 Å². The minimum Gasteiger partial charge on any atom is -0.313 e. The van der Waals surface area contributed by atoms with Crippen LogP contribution < -0.4 is 10.6 Å². The quantitative estimate of drug-likeness (QED) is 0.891. The van der Waals surface area contributed by atoms with E-state index >= 15 is 0 Å². The number of fused-ring (bicyclic) bond motifs is 1. The average Bonchev–Trinajstić information content (AvgIpc) is 2.26. The Morgan fingerprint density at radius 2 is 2.31 bits per heavy atom. The van der Waals surface area contributed by atoms with Crippen molar-refractivity contribution < 1.29 is 0 Å². The summed E-state index contributed by atoms with van der Waals surface area (Å²) in [5.74, 6) is 0. The van der Waals surface area contributed by atoms with Crippen molar-refractivity contribution in [3.8, 4) is 0 Å². The van der Waals surface area contributed by atoms with Gasteiger partial charge in [-0.1, -0.05) is 41.9 Å². The molecule has 16 heavy (non-hydrogen) atoms. The smallest absolute Gasteiger partial charge is 0.0460 e. The lowest BCUT2D eigenvalue weighted by atomic mass is 9.94. The molecule has 1 aliphatic heterocycles. The Bertz CT molecular complexity index is 363. The molecule has 0 saturated carbocycles. The van der Waals surface area contributed by atoms with Crippen molar-refractivity contribution in [1.82, 2.24) is 10.6 Å². The highest BCUT2D eigenvalue weighted by Crippen LogP contribution is 2.29. The predicted octanol–water partition coefficient (Wildman–Crippen LogP) is 2.63. The van der Waals surface area contributed by atoms with Crippen molar-refractivity contribution in [3.05, 3.63) is 33.8 Å². The Labute approximate surface area is 106 Å². The van der Waals surface area contributed by atoms with Crippen LogP contribution in [0.15, 0.2) is 22.7 Å². The topological polar surface area (TPSA) is 24.1 Å². The molecule has 0 fully saturated rings. The third-order valence-electron chi connectivity index (χ3n) is 3.01. The number of hydrogen-bond acceptors (Lipinski definition) is 2. The summed E-state index contributed by atoms with van der Waals surface area (Å²) in [4.78, 5) is 0. The number of rotatable bonds is 3. The molecule has 0 bridgehead atoms. The van der Waals surface area contributed by atoms with Crippen LogP contribution in [0.25, 0.3) is 0 Å². The minimum atomic E-state index is 0.432. The Morgan fingerprint density at radius 3 is 3.06 bits per heavy atom. The molecule has 1 aromatic carbocycles. The van der Waals surface area contributed by atoms with Crippen molar-refractivity contribution in [2.45, 2.75) is 32.4 Å². The largest absolute Gasteiger partial charge is 0.313 e. The van der Waals surface area contributed by atoms with E-state index in [9.17, 15) is 0 Å². The van der Waals surface area contributed by atoms with Gasteiger partial charge in [-0.3, -0.25) is 0 Å². The maximum Gasteiger partial charge on any atom is 0.0460 e. The summed E-state index contributed by atoms with van der Waals surface area (Å²) in [5, 5.41) is 7.08. The molecule has 0 radical (unpaired) electrons. The van der Waals surface area contributed by atoms with Crippen LogP contribution >= 0.6 is 15.9 Å². The molecule has 0 aromatic heterocycles. The van der Waals surface area contributed by atoms with Gasteiger partial charge < -0.3 is 10.6 Å². The summed E-state index contributed by atoms with van der Waals surface area (Å²) in [6.45, 7) is 6.44. The van der Waals surface area contributed by atoms with Crippen LogP contribution in [0.1, 0.15) is 31.0 Å². The van der Waals surface area contributed by atoms with Crippen LogP contribution in [0.5, 0.6) is 0 Å². The lowest BCUT2D eigenvalue weighted by Crippen LogP contribution is -2.39. The van der Waals surface area contributed by atoms with E-state index in [0.717, 1.165) is 19.5 Å². The average molecular weight is 283 g/mol. The van der Waals surface area contributed by atoms with Gasteiger partial charge in [0.2, 0.25) is 0 Å². The third-order valence-corrected chi connectivity index (χ3v) is 3.70. The van der Waals surface area contributed by atoms with E-state index in [-0.39, 0.29) is 0 Å². The van der Waals surface area contributed by atoms with Crippen molar-refractivity contribution >= 4 is 15.9 Å². The molecule has 0 saturated heterocycles. The molecule has 0 aliphatic carbocycles. The van der Waals surface area contributed by atoms with Crippen LogP contribution in [0.3, 0.4) is 0 Å². The Kier molecular flexibility index (Phi) is 4.00. The van der Waals surface area contributed by atoms with E-state index < -0.39 is 0 Å². The monoisotopic (exact) mass is 282 g/mol. The van der Waals surface area contributed by atoms with Gasteiger partial charge in [0.25, 0.3) is 0 Å². The lowest BCUT2D eigenvalue weighted by Gasteiger charge is -2.29. The van der Waals surface area contributed by atoms with E-state index in [4.69, 9.17) is 0 Å². The van der Waals surface area contributed by atoms with Crippen molar-refractivity contribution in [2.75, 3.05) is 13.1 Å². The molecule has 1 aliphatic rings. The van der Waals surface area contributed by atoms with Gasteiger partial charge in [-0.25, -0.2) is 0 Å². The molecule has 0 spiro atoms. The third kappa shape index (κ3) is 2.65. The van der Waals surface area contributed by atoms with Crippen LogP contribution in [-0.4, -0.2) is 19.1 Å². The Hall–Kier alpha value is -0.380. The highest BCUT2D eigenvalue weighted by molar-refractivity contribution is 9.10. The molecule has 1 heterocycles. The highest BCUT2D eigenvalue weighted by atomic mass is 79.9. The Balaban J connectivity index is 2.18. The maximum atomic E-state index is 3.66. The Morgan fingerprint density at radius 1 is 1.50 bits per heavy atom. The second-order valence-corrected chi connectivity index (χ2v) is 5.49. The zero-order valence-electron chi connectivity index (χ0n) is 9.89. The standard InChI is InChI=1S/C13H19BrN2/c1-9(2)16-8-12-13-10(6-7-15-12)4-3-5-11(13)14/h3-5,9,12,15-16H,6-8H2,1-2H3. The van der Waals surface area contributed by atoms with Crippen molar-refractivity contribution in [1.29, 1.82) is 0 Å². The van der Waals surface area contributed by atoms with Gasteiger partial charge >= 0.3 is 0 Å². The van der Waals surface area contributed by atoms with Gasteiger partial charge in [0, 0.05) is 23.1 Å². The van der Waals surface area contributed by atoms with Crippen molar-refractivity contribution in [2.24, 2.45) is 0 Å². The first-order valence-electron chi connectivity index (χ1n) is 5.92. The number of halogens is 1. The van der Waals surface area contributed by atoms with Crippen molar-refractivity contribution in [3.63, 3.8) is 0 Å². The first kappa shape index (κ1) is 12.1. The summed E-state index contributed by atoms with van der Waals surface area (Å²) in [7, 11) is 0. The van der Waals surface area contributed by atoms with Crippen LogP contribution in [0.4, 0.5) is 0 Å². The SMILES string of the molecule is CC(C)NCC1NCCc2cccc(Br)c21. The predicted molar refractivity (Wildman–Crippen MR) is 71.7 cm³/mol. The molecule has 0 amide bonds. The van der Waals surface area contributed by atoms with Gasteiger partial charge in [-0.15, -0.1) is 0 Å². The fourth-order valence-electron chi connectivity index (χ4n) is 2.20. The summed E-state index contributed by atoms with van der Waals surface area (Å²) in [6, 6.07) is 7.47. The van der Waals surface area contributed by atoms with Crippen LogP contribution in [0.2, 0.25) is 0 Å². The van der Waals surface area contributed by atoms with E-state index in [1.807, 2.05) is 0 Å². The molecule has 1 aromatic rings.